The third-order valence-corrected chi connectivity index (χ3v) is 13.6. The van der Waals surface area contributed by atoms with Crippen LogP contribution in [0.4, 0.5) is 0 Å². The maximum Gasteiger partial charge on any atom is 0.325 e. The Morgan fingerprint density at radius 2 is 1.03 bits per heavy atom. The van der Waals surface area contributed by atoms with Crippen molar-refractivity contribution in [1.82, 2.24) is 0 Å². The normalized spacial score (nSPS) is 21.5. The quantitative estimate of drug-likeness (QED) is 0.178. The molecule has 2 atom stereocenters. The number of hydrogen-bond acceptors (Lipinski definition) is 8. The lowest BCUT2D eigenvalue weighted by atomic mass is 9.51. The number of carbonyl (C=O) groups is 4. The first-order chi connectivity index (χ1) is 16.1. The first kappa shape index (κ1) is 31.1. The molecule has 9 heteroatoms. The van der Waals surface area contributed by atoms with E-state index in [0.717, 1.165) is 6.04 Å². The molecule has 1 saturated carbocycles. The Morgan fingerprint density at radius 3 is 1.31 bits per heavy atom. The van der Waals surface area contributed by atoms with Crippen LogP contribution in [0.1, 0.15) is 68.2 Å². The molecule has 1 fully saturated rings. The van der Waals surface area contributed by atoms with Crippen molar-refractivity contribution in [2.24, 2.45) is 22.7 Å². The van der Waals surface area contributed by atoms with E-state index in [9.17, 15) is 19.2 Å². The molecule has 0 amide bonds. The molecular weight excluding hydrogens is 468 g/mol. The minimum Gasteiger partial charge on any atom is -0.465 e. The van der Waals surface area contributed by atoms with Crippen LogP contribution in [0.25, 0.3) is 0 Å². The summed E-state index contributed by atoms with van der Waals surface area (Å²) in [5.74, 6) is -4.04. The van der Waals surface area contributed by atoms with Crippen LogP contribution in [0.5, 0.6) is 0 Å². The summed E-state index contributed by atoms with van der Waals surface area (Å²) in [5.41, 5.74) is -4.39. The van der Waals surface area contributed by atoms with E-state index in [2.05, 4.69) is 33.9 Å². The second kappa shape index (κ2) is 11.9. The summed E-state index contributed by atoms with van der Waals surface area (Å²) in [6.45, 7) is 19.5. The predicted molar refractivity (Wildman–Crippen MR) is 135 cm³/mol. The van der Waals surface area contributed by atoms with Crippen molar-refractivity contribution in [2.75, 3.05) is 26.4 Å². The molecule has 0 saturated heterocycles. The van der Waals surface area contributed by atoms with Gasteiger partial charge in [0.2, 0.25) is 0 Å². The molecule has 0 aromatic heterocycles. The van der Waals surface area contributed by atoms with Gasteiger partial charge in [-0.1, -0.05) is 46.8 Å². The smallest absolute Gasteiger partial charge is 0.325 e. The highest BCUT2D eigenvalue weighted by molar-refractivity contribution is 6.80. The monoisotopic (exact) mass is 514 g/mol. The number of carbonyl (C=O) groups excluding carboxylic acids is 4. The molecule has 1 rings (SSSR count). The molecule has 0 aromatic carbocycles. The maximum absolute atomic E-state index is 13.8. The third-order valence-electron chi connectivity index (χ3n) is 8.03. The zero-order valence-corrected chi connectivity index (χ0v) is 24.4. The van der Waals surface area contributed by atoms with E-state index < -0.39 is 42.8 Å². The van der Waals surface area contributed by atoms with Crippen molar-refractivity contribution in [3.8, 4) is 0 Å². The van der Waals surface area contributed by atoms with Gasteiger partial charge in [0.05, 0.1) is 34.5 Å². The van der Waals surface area contributed by atoms with Crippen molar-refractivity contribution in [1.29, 1.82) is 0 Å². The topological polar surface area (TPSA) is 105 Å². The molecule has 202 valence electrons. The fourth-order valence-electron chi connectivity index (χ4n) is 5.04. The van der Waals surface area contributed by atoms with Crippen LogP contribution >= 0.6 is 0 Å². The van der Waals surface area contributed by atoms with Gasteiger partial charge in [0.25, 0.3) is 0 Å². The molecule has 1 aliphatic carbocycles. The summed E-state index contributed by atoms with van der Waals surface area (Å²) >= 11 is 0. The van der Waals surface area contributed by atoms with Crippen LogP contribution < -0.4 is 0 Å². The minimum atomic E-state index is -2.20. The van der Waals surface area contributed by atoms with Crippen LogP contribution in [-0.2, 0) is 38.1 Å². The van der Waals surface area contributed by atoms with Gasteiger partial charge in [0.1, 0.15) is 0 Å². The lowest BCUT2D eigenvalue weighted by Crippen LogP contribution is -2.66. The van der Waals surface area contributed by atoms with Crippen molar-refractivity contribution in [2.45, 2.75) is 92.4 Å². The highest BCUT2D eigenvalue weighted by Gasteiger charge is 2.76. The minimum absolute atomic E-state index is 0.0236. The van der Waals surface area contributed by atoms with Crippen LogP contribution in [0, 0.1) is 22.7 Å². The number of rotatable bonds is 10. The Labute approximate surface area is 211 Å². The molecule has 0 heterocycles. The summed E-state index contributed by atoms with van der Waals surface area (Å²) in [6, 6.07) is 0.806. The molecule has 0 radical (unpaired) electrons. The summed E-state index contributed by atoms with van der Waals surface area (Å²) < 4.78 is 21.5. The average molecular weight is 515 g/mol. The Bertz CT molecular complexity index is 747. The summed E-state index contributed by atoms with van der Waals surface area (Å²) in [5, 5.41) is 0.0695. The SMILES string of the molecule is CCOC(=O)C1(C(=O)OCC)C[C@@H](C[Si](C)(C)C(C)(C)C)[C@H](C)CC1(C(=O)OCC)C(=O)OCC. The first-order valence-electron chi connectivity index (χ1n) is 12.8. The fraction of sp³-hybridized carbons (Fsp3) is 0.846. The summed E-state index contributed by atoms with van der Waals surface area (Å²) in [6.07, 6.45) is -0.114. The van der Waals surface area contributed by atoms with Crippen LogP contribution in [0.3, 0.4) is 0 Å². The number of hydrogen-bond donors (Lipinski definition) is 0. The standard InChI is InChI=1S/C26H46O8Si/c1-11-31-20(27)25(21(28)32-12-2)15-18(5)19(17-35(9,10)24(6,7)8)16-26(25,22(29)33-13-3)23(30)34-14-4/h18-19H,11-17H2,1-10H3/t18-,19+/m1/s1. The molecule has 0 N–H and O–H groups in total. The molecule has 35 heavy (non-hydrogen) atoms. The zero-order chi connectivity index (χ0) is 27.2. The van der Waals surface area contributed by atoms with Gasteiger partial charge in [-0.05, 0) is 57.4 Å². The van der Waals surface area contributed by atoms with Crippen molar-refractivity contribution < 1.29 is 38.1 Å². The van der Waals surface area contributed by atoms with E-state index in [4.69, 9.17) is 18.9 Å². The number of esters is 4. The molecule has 0 unspecified atom stereocenters. The second-order valence-electron chi connectivity index (χ2n) is 11.2. The maximum atomic E-state index is 13.8. The molecule has 0 spiro atoms. The highest BCUT2D eigenvalue weighted by atomic mass is 28.3. The van der Waals surface area contributed by atoms with Gasteiger partial charge in [-0.2, -0.15) is 0 Å². The van der Waals surface area contributed by atoms with Crippen LogP contribution in [0.2, 0.25) is 24.2 Å². The Kier molecular flexibility index (Phi) is 10.6. The third kappa shape index (κ3) is 5.75. The molecule has 8 nitrogen and oxygen atoms in total. The predicted octanol–water partition coefficient (Wildman–Crippen LogP) is 4.77. The van der Waals surface area contributed by atoms with Gasteiger partial charge in [-0.3, -0.25) is 19.2 Å². The lowest BCUT2D eigenvalue weighted by molar-refractivity contribution is -0.213. The Balaban J connectivity index is 3.95. The Hall–Kier alpha value is -1.90. The highest BCUT2D eigenvalue weighted by Crippen LogP contribution is 2.59. The Morgan fingerprint density at radius 1 is 0.714 bits per heavy atom. The summed E-state index contributed by atoms with van der Waals surface area (Å²) in [7, 11) is -1.87. The van der Waals surface area contributed by atoms with Crippen LogP contribution in [0.15, 0.2) is 0 Å². The van der Waals surface area contributed by atoms with Crippen LogP contribution in [-0.4, -0.2) is 58.4 Å². The van der Waals surface area contributed by atoms with Gasteiger partial charge in [-0.25, -0.2) is 0 Å². The van der Waals surface area contributed by atoms with Gasteiger partial charge >= 0.3 is 23.9 Å². The lowest BCUT2D eigenvalue weighted by Gasteiger charge is -2.52. The van der Waals surface area contributed by atoms with Gasteiger partial charge in [-0.15, -0.1) is 0 Å². The molecule has 0 aromatic rings. The fourth-order valence-corrected chi connectivity index (χ4v) is 7.51. The van der Waals surface area contributed by atoms with E-state index in [-0.39, 0.29) is 56.1 Å². The van der Waals surface area contributed by atoms with E-state index in [1.807, 2.05) is 6.92 Å². The van der Waals surface area contributed by atoms with Crippen molar-refractivity contribution in [3.05, 3.63) is 0 Å². The molecule has 0 aliphatic heterocycles. The first-order valence-corrected chi connectivity index (χ1v) is 16.0. The van der Waals surface area contributed by atoms with Gasteiger partial charge in [0, 0.05) is 0 Å². The zero-order valence-electron chi connectivity index (χ0n) is 23.4. The van der Waals surface area contributed by atoms with Crippen molar-refractivity contribution in [3.63, 3.8) is 0 Å². The molecular formula is C26H46O8Si. The van der Waals surface area contributed by atoms with E-state index in [1.165, 1.54) is 0 Å². The van der Waals surface area contributed by atoms with E-state index in [0.29, 0.717) is 0 Å². The molecule has 0 bridgehead atoms. The average Bonchev–Trinajstić information content (AvgIpc) is 2.74. The number of ether oxygens (including phenoxy) is 4. The molecule has 1 aliphatic rings. The van der Waals surface area contributed by atoms with E-state index >= 15 is 0 Å². The van der Waals surface area contributed by atoms with E-state index in [1.54, 1.807) is 27.7 Å². The van der Waals surface area contributed by atoms with Gasteiger partial charge < -0.3 is 18.9 Å². The largest absolute Gasteiger partial charge is 0.465 e. The summed E-state index contributed by atoms with van der Waals surface area (Å²) in [4.78, 5) is 54.8. The van der Waals surface area contributed by atoms with Crippen molar-refractivity contribution >= 4 is 32.0 Å². The second-order valence-corrected chi connectivity index (χ2v) is 16.9. The van der Waals surface area contributed by atoms with Gasteiger partial charge in [0.15, 0.2) is 10.8 Å².